The van der Waals surface area contributed by atoms with Crippen molar-refractivity contribution < 1.29 is 18.8 Å². The lowest BCUT2D eigenvalue weighted by atomic mass is 9.92. The second-order valence-corrected chi connectivity index (χ2v) is 7.63. The quantitative estimate of drug-likeness (QED) is 0.797. The number of morpholine rings is 1. The van der Waals surface area contributed by atoms with Gasteiger partial charge in [0, 0.05) is 18.8 Å². The van der Waals surface area contributed by atoms with Gasteiger partial charge in [0.1, 0.15) is 17.9 Å². The zero-order valence-corrected chi connectivity index (χ0v) is 16.3. The molecule has 148 valence electrons. The van der Waals surface area contributed by atoms with E-state index in [1.165, 1.54) is 0 Å². The average Bonchev–Trinajstić information content (AvgIpc) is 2.91. The van der Waals surface area contributed by atoms with Crippen molar-refractivity contribution in [2.45, 2.75) is 38.7 Å². The third-order valence-corrected chi connectivity index (χ3v) is 5.75. The third kappa shape index (κ3) is 3.42. The lowest BCUT2D eigenvalue weighted by Gasteiger charge is -2.42. The molecular weight excluding hydrogens is 358 g/mol. The number of nitrogens with zero attached hydrogens (tertiary/aromatic N) is 3. The summed E-state index contributed by atoms with van der Waals surface area (Å²) in [5, 5.41) is 3.90. The van der Waals surface area contributed by atoms with Crippen molar-refractivity contribution in [3.05, 3.63) is 47.3 Å². The van der Waals surface area contributed by atoms with E-state index in [1.807, 2.05) is 40.1 Å². The predicted molar refractivity (Wildman–Crippen MR) is 103 cm³/mol. The van der Waals surface area contributed by atoms with Crippen LogP contribution in [0.15, 0.2) is 34.9 Å². The van der Waals surface area contributed by atoms with Gasteiger partial charge in [-0.3, -0.25) is 9.59 Å². The first-order valence-electron chi connectivity index (χ1n) is 9.71. The van der Waals surface area contributed by atoms with Gasteiger partial charge < -0.3 is 19.1 Å². The normalized spacial score (nSPS) is 23.1. The SMILES string of the molecule is Cc1noc(C)c1C(=O)N1CCCC2(CC1)CN(c1ccccc1)C(=O)CO2. The molecule has 2 aliphatic heterocycles. The van der Waals surface area contributed by atoms with E-state index in [-0.39, 0.29) is 18.4 Å². The van der Waals surface area contributed by atoms with E-state index in [9.17, 15) is 9.59 Å². The third-order valence-electron chi connectivity index (χ3n) is 5.75. The van der Waals surface area contributed by atoms with Crippen molar-refractivity contribution in [1.29, 1.82) is 0 Å². The maximum absolute atomic E-state index is 13.0. The summed E-state index contributed by atoms with van der Waals surface area (Å²) in [7, 11) is 0. The number of hydrogen-bond acceptors (Lipinski definition) is 5. The molecule has 0 bridgehead atoms. The van der Waals surface area contributed by atoms with Crippen molar-refractivity contribution in [1.82, 2.24) is 10.1 Å². The molecule has 2 aliphatic rings. The van der Waals surface area contributed by atoms with Crippen LogP contribution in [0.5, 0.6) is 0 Å². The number of rotatable bonds is 2. The molecule has 1 unspecified atom stereocenters. The molecule has 28 heavy (non-hydrogen) atoms. The molecule has 0 radical (unpaired) electrons. The molecule has 7 nitrogen and oxygen atoms in total. The Hall–Kier alpha value is -2.67. The molecule has 2 saturated heterocycles. The summed E-state index contributed by atoms with van der Waals surface area (Å²) in [6.45, 7) is 5.39. The van der Waals surface area contributed by atoms with Gasteiger partial charge in [-0.1, -0.05) is 23.4 Å². The van der Waals surface area contributed by atoms with Crippen molar-refractivity contribution in [3.63, 3.8) is 0 Å². The van der Waals surface area contributed by atoms with Gasteiger partial charge in [0.05, 0.1) is 17.8 Å². The minimum absolute atomic E-state index is 0.0234. The fraction of sp³-hybridized carbons (Fsp3) is 0.476. The van der Waals surface area contributed by atoms with E-state index in [2.05, 4.69) is 5.16 Å². The Morgan fingerprint density at radius 1 is 1.14 bits per heavy atom. The van der Waals surface area contributed by atoms with E-state index >= 15 is 0 Å². The zero-order chi connectivity index (χ0) is 19.7. The Bertz CT molecular complexity index is 860. The van der Waals surface area contributed by atoms with Crippen LogP contribution in [-0.2, 0) is 9.53 Å². The van der Waals surface area contributed by atoms with Gasteiger partial charge in [0.2, 0.25) is 0 Å². The molecule has 2 amide bonds. The van der Waals surface area contributed by atoms with E-state index in [4.69, 9.17) is 9.26 Å². The van der Waals surface area contributed by atoms with Gasteiger partial charge in [-0.25, -0.2) is 0 Å². The Morgan fingerprint density at radius 2 is 1.93 bits per heavy atom. The van der Waals surface area contributed by atoms with E-state index < -0.39 is 5.60 Å². The largest absolute Gasteiger partial charge is 0.363 e. The van der Waals surface area contributed by atoms with Crippen LogP contribution in [0, 0.1) is 13.8 Å². The molecule has 1 aromatic carbocycles. The van der Waals surface area contributed by atoms with Gasteiger partial charge >= 0.3 is 0 Å². The van der Waals surface area contributed by atoms with Crippen LogP contribution in [0.25, 0.3) is 0 Å². The standard InChI is InChI=1S/C21H25N3O4/c1-15-19(16(2)28-22-15)20(26)23-11-6-9-21(10-12-23)14-24(18(25)13-27-21)17-7-4-3-5-8-17/h3-5,7-8H,6,9-14H2,1-2H3. The Balaban J connectivity index is 1.50. The Labute approximate surface area is 164 Å². The molecule has 0 saturated carbocycles. The molecule has 3 heterocycles. The van der Waals surface area contributed by atoms with Gasteiger partial charge in [-0.2, -0.15) is 0 Å². The van der Waals surface area contributed by atoms with Gasteiger partial charge in [-0.15, -0.1) is 0 Å². The maximum Gasteiger partial charge on any atom is 0.259 e. The first-order chi connectivity index (χ1) is 13.5. The number of anilines is 1. The molecule has 1 spiro atoms. The summed E-state index contributed by atoms with van der Waals surface area (Å²) in [6, 6.07) is 9.69. The van der Waals surface area contributed by atoms with Crippen LogP contribution in [0.1, 0.15) is 41.1 Å². The zero-order valence-electron chi connectivity index (χ0n) is 16.3. The molecule has 1 atom stereocenters. The number of aryl methyl sites for hydroxylation is 2. The number of hydrogen-bond donors (Lipinski definition) is 0. The molecule has 1 aromatic heterocycles. The Kier molecular flexibility index (Phi) is 4.93. The second kappa shape index (κ2) is 7.39. The predicted octanol–water partition coefficient (Wildman–Crippen LogP) is 2.72. The molecule has 2 fully saturated rings. The van der Waals surface area contributed by atoms with Crippen molar-refractivity contribution >= 4 is 17.5 Å². The topological polar surface area (TPSA) is 75.9 Å². The monoisotopic (exact) mass is 383 g/mol. The van der Waals surface area contributed by atoms with Crippen LogP contribution in [0.2, 0.25) is 0 Å². The minimum Gasteiger partial charge on any atom is -0.363 e. The molecule has 2 aromatic rings. The number of ether oxygens (including phenoxy) is 1. The smallest absolute Gasteiger partial charge is 0.259 e. The number of carbonyl (C=O) groups is 2. The molecule has 4 rings (SSSR count). The molecular formula is C21H25N3O4. The van der Waals surface area contributed by atoms with E-state index in [0.29, 0.717) is 43.1 Å². The van der Waals surface area contributed by atoms with Crippen LogP contribution in [-0.4, -0.2) is 53.7 Å². The molecule has 0 N–H and O–H groups in total. The Morgan fingerprint density at radius 3 is 2.64 bits per heavy atom. The lowest BCUT2D eigenvalue weighted by molar-refractivity contribution is -0.140. The summed E-state index contributed by atoms with van der Waals surface area (Å²) < 4.78 is 11.2. The summed E-state index contributed by atoms with van der Waals surface area (Å²) in [4.78, 5) is 29.1. The van der Waals surface area contributed by atoms with Crippen LogP contribution < -0.4 is 4.90 Å². The first kappa shape index (κ1) is 18.7. The van der Waals surface area contributed by atoms with Crippen molar-refractivity contribution in [2.75, 3.05) is 31.1 Å². The van der Waals surface area contributed by atoms with Crippen LogP contribution in [0.4, 0.5) is 5.69 Å². The highest BCUT2D eigenvalue weighted by molar-refractivity contribution is 5.96. The lowest BCUT2D eigenvalue weighted by Crippen LogP contribution is -2.55. The fourth-order valence-electron chi connectivity index (χ4n) is 4.18. The fourth-order valence-corrected chi connectivity index (χ4v) is 4.18. The number of aromatic nitrogens is 1. The van der Waals surface area contributed by atoms with Gasteiger partial charge in [-0.05, 0) is 45.2 Å². The van der Waals surface area contributed by atoms with E-state index in [1.54, 1.807) is 13.8 Å². The highest BCUT2D eigenvalue weighted by Crippen LogP contribution is 2.33. The number of likely N-dealkylation sites (tertiary alicyclic amines) is 1. The molecule has 0 aliphatic carbocycles. The summed E-state index contributed by atoms with van der Waals surface area (Å²) >= 11 is 0. The molecule has 7 heteroatoms. The highest BCUT2D eigenvalue weighted by Gasteiger charge is 2.42. The summed E-state index contributed by atoms with van der Waals surface area (Å²) in [5.74, 6) is 0.487. The van der Waals surface area contributed by atoms with Crippen molar-refractivity contribution in [2.24, 2.45) is 0 Å². The van der Waals surface area contributed by atoms with Crippen LogP contribution in [0.3, 0.4) is 0 Å². The maximum atomic E-state index is 13.0. The average molecular weight is 383 g/mol. The number of benzene rings is 1. The second-order valence-electron chi connectivity index (χ2n) is 7.63. The highest BCUT2D eigenvalue weighted by atomic mass is 16.5. The summed E-state index contributed by atoms with van der Waals surface area (Å²) in [5.41, 5.74) is 1.65. The summed E-state index contributed by atoms with van der Waals surface area (Å²) in [6.07, 6.45) is 2.33. The first-order valence-corrected chi connectivity index (χ1v) is 9.71. The van der Waals surface area contributed by atoms with E-state index in [0.717, 1.165) is 18.5 Å². The number of para-hydroxylation sites is 1. The van der Waals surface area contributed by atoms with Gasteiger partial charge in [0.15, 0.2) is 0 Å². The number of amides is 2. The van der Waals surface area contributed by atoms with Gasteiger partial charge in [0.25, 0.3) is 11.8 Å². The minimum atomic E-state index is -0.419. The number of carbonyl (C=O) groups excluding carboxylic acids is 2. The van der Waals surface area contributed by atoms with Crippen LogP contribution >= 0.6 is 0 Å². The van der Waals surface area contributed by atoms with Crippen molar-refractivity contribution in [3.8, 4) is 0 Å².